The minimum absolute atomic E-state index is 0.524. The molecular weight excluding hydrogens is 232 g/mol. The summed E-state index contributed by atoms with van der Waals surface area (Å²) in [6.07, 6.45) is 4.56. The maximum absolute atomic E-state index is 11.8. The normalized spacial score (nSPS) is 14.8. The third-order valence-corrected chi connectivity index (χ3v) is 2.00. The first kappa shape index (κ1) is 15.2. The molecule has 0 aromatic rings. The molecule has 92 valence electrons. The van der Waals surface area contributed by atoms with Gasteiger partial charge < -0.3 is 10.2 Å². The van der Waals surface area contributed by atoms with Crippen LogP contribution in [-0.2, 0) is 4.79 Å². The Bertz CT molecular complexity index is 445. The van der Waals surface area contributed by atoms with Gasteiger partial charge in [-0.2, -0.15) is 10.5 Å². The molecule has 0 amide bonds. The second-order valence-corrected chi connectivity index (χ2v) is 3.18. The van der Waals surface area contributed by atoms with Gasteiger partial charge in [0.25, 0.3) is 0 Å². The predicted molar refractivity (Wildman–Crippen MR) is 65.0 cm³/mol. The quantitative estimate of drug-likeness (QED) is 0.549. The summed E-state index contributed by atoms with van der Waals surface area (Å²) in [6, 6.07) is 3.13. The van der Waals surface area contributed by atoms with Gasteiger partial charge in [0.1, 0.15) is 11.5 Å². The van der Waals surface area contributed by atoms with Crippen LogP contribution in [0.25, 0.3) is 0 Å². The van der Waals surface area contributed by atoms with Crippen molar-refractivity contribution >= 4 is 5.78 Å². The molecule has 0 bridgehead atoms. The number of hydrogen-bond donors (Lipinski definition) is 2. The van der Waals surface area contributed by atoms with E-state index in [0.29, 0.717) is 0 Å². The summed E-state index contributed by atoms with van der Waals surface area (Å²) in [6.45, 7) is 6.62. The number of nitriles is 2. The Hall–Kier alpha value is -2.79. The van der Waals surface area contributed by atoms with Crippen molar-refractivity contribution in [3.05, 3.63) is 49.0 Å². The van der Waals surface area contributed by atoms with Gasteiger partial charge in [0.05, 0.1) is 12.1 Å². The van der Waals surface area contributed by atoms with Crippen LogP contribution in [0, 0.1) is 34.5 Å². The Balaban J connectivity index is 5.36. The molecule has 2 N–H and O–H groups in total. The van der Waals surface area contributed by atoms with Gasteiger partial charge in [-0.05, 0) is 12.2 Å². The first-order chi connectivity index (χ1) is 8.53. The number of rotatable bonds is 6. The molecule has 5 nitrogen and oxygen atoms in total. The molecule has 0 aromatic carbocycles. The molecule has 0 saturated heterocycles. The van der Waals surface area contributed by atoms with Crippen molar-refractivity contribution in [2.24, 2.45) is 11.8 Å². The first-order valence-electron chi connectivity index (χ1n) is 4.89. The summed E-state index contributed by atoms with van der Waals surface area (Å²) in [4.78, 5) is 11.8. The number of hydrogen-bond acceptors (Lipinski definition) is 5. The van der Waals surface area contributed by atoms with E-state index in [1.165, 1.54) is 12.2 Å². The Labute approximate surface area is 105 Å². The number of ketones is 1. The van der Waals surface area contributed by atoms with Gasteiger partial charge in [0.2, 0.25) is 0 Å². The van der Waals surface area contributed by atoms with Gasteiger partial charge in [-0.1, -0.05) is 25.3 Å². The lowest BCUT2D eigenvalue weighted by Crippen LogP contribution is -2.24. The van der Waals surface area contributed by atoms with Crippen LogP contribution in [0.4, 0.5) is 0 Å². The van der Waals surface area contributed by atoms with Crippen molar-refractivity contribution in [1.29, 1.82) is 10.5 Å². The molecule has 18 heavy (non-hydrogen) atoms. The van der Waals surface area contributed by atoms with E-state index in [0.717, 1.165) is 12.2 Å². The second-order valence-electron chi connectivity index (χ2n) is 3.18. The van der Waals surface area contributed by atoms with Crippen LogP contribution in [0.2, 0.25) is 0 Å². The van der Waals surface area contributed by atoms with E-state index in [9.17, 15) is 15.0 Å². The zero-order valence-corrected chi connectivity index (χ0v) is 9.58. The fraction of sp³-hybridized carbons (Fsp3) is 0.154. The molecule has 0 rings (SSSR count). The van der Waals surface area contributed by atoms with E-state index in [4.69, 9.17) is 10.5 Å². The molecule has 0 aliphatic heterocycles. The minimum Gasteiger partial charge on any atom is -0.510 e. The number of allylic oxidation sites excluding steroid dienone is 6. The molecule has 0 aliphatic carbocycles. The van der Waals surface area contributed by atoms with Crippen LogP contribution in [0.15, 0.2) is 49.0 Å². The summed E-state index contributed by atoms with van der Waals surface area (Å²) < 4.78 is 0. The van der Waals surface area contributed by atoms with Gasteiger partial charge in [0, 0.05) is 0 Å². The summed E-state index contributed by atoms with van der Waals surface area (Å²) in [5.74, 6) is -5.00. The number of Topliss-reactive ketones (excluding diaryl/α,β-unsaturated/α-hetero) is 1. The van der Waals surface area contributed by atoms with E-state index in [2.05, 4.69) is 13.2 Å². The lowest BCUT2D eigenvalue weighted by atomic mass is 9.91. The number of aliphatic hydroxyl groups is 2. The zero-order valence-electron chi connectivity index (χ0n) is 9.58. The molecule has 2 unspecified atom stereocenters. The average Bonchev–Trinajstić information content (AvgIpc) is 2.31. The molecule has 0 heterocycles. The standard InChI is InChI=1S/C13H12N2O3/c1-3-5-11(16)9(7-14)13(18)10(8-15)12(17)6-4-2/h3-6,9-10,16-17H,1-2H2/b11-5-,12-6-. The van der Waals surface area contributed by atoms with Gasteiger partial charge in [0.15, 0.2) is 17.6 Å². The van der Waals surface area contributed by atoms with Crippen molar-refractivity contribution in [2.75, 3.05) is 0 Å². The SMILES string of the molecule is C=C/C=C(\O)C(C#N)C(=O)C(C#N)/C(O)=C/C=C. The molecule has 0 spiro atoms. The molecule has 0 saturated carbocycles. The largest absolute Gasteiger partial charge is 0.510 e. The molecule has 0 fully saturated rings. The molecule has 0 aromatic heterocycles. The van der Waals surface area contributed by atoms with Crippen molar-refractivity contribution in [2.45, 2.75) is 0 Å². The lowest BCUT2D eigenvalue weighted by Gasteiger charge is -2.11. The molecular formula is C13H12N2O3. The van der Waals surface area contributed by atoms with Crippen LogP contribution in [0.3, 0.4) is 0 Å². The Kier molecular flexibility index (Phi) is 6.32. The third kappa shape index (κ3) is 3.66. The van der Waals surface area contributed by atoms with Crippen LogP contribution in [0.5, 0.6) is 0 Å². The predicted octanol–water partition coefficient (Wildman–Crippen LogP) is 2.09. The van der Waals surface area contributed by atoms with Crippen molar-refractivity contribution in [1.82, 2.24) is 0 Å². The van der Waals surface area contributed by atoms with Crippen LogP contribution in [-0.4, -0.2) is 16.0 Å². The van der Waals surface area contributed by atoms with Crippen molar-refractivity contribution < 1.29 is 15.0 Å². The lowest BCUT2D eigenvalue weighted by molar-refractivity contribution is -0.123. The van der Waals surface area contributed by atoms with Gasteiger partial charge in [-0.15, -0.1) is 0 Å². The first-order valence-corrected chi connectivity index (χ1v) is 4.89. The topological polar surface area (TPSA) is 105 Å². The minimum atomic E-state index is -1.52. The summed E-state index contributed by atoms with van der Waals surface area (Å²) in [7, 11) is 0. The van der Waals surface area contributed by atoms with Crippen LogP contribution in [0.1, 0.15) is 0 Å². The second kappa shape index (κ2) is 7.48. The molecule has 0 aliphatic rings. The van der Waals surface area contributed by atoms with E-state index < -0.39 is 29.1 Å². The maximum atomic E-state index is 11.8. The Morgan fingerprint density at radius 2 is 1.33 bits per heavy atom. The third-order valence-electron chi connectivity index (χ3n) is 2.00. The van der Waals surface area contributed by atoms with E-state index >= 15 is 0 Å². The number of carbonyl (C=O) groups is 1. The highest BCUT2D eigenvalue weighted by Gasteiger charge is 2.32. The number of carbonyl (C=O) groups excluding carboxylic acids is 1. The fourth-order valence-corrected chi connectivity index (χ4v) is 1.15. The highest BCUT2D eigenvalue weighted by atomic mass is 16.3. The van der Waals surface area contributed by atoms with E-state index in [1.54, 1.807) is 12.1 Å². The van der Waals surface area contributed by atoms with Gasteiger partial charge in [-0.3, -0.25) is 4.79 Å². The summed E-state index contributed by atoms with van der Waals surface area (Å²) in [5.41, 5.74) is 0. The van der Waals surface area contributed by atoms with Crippen molar-refractivity contribution in [3.8, 4) is 12.1 Å². The monoisotopic (exact) mass is 244 g/mol. The zero-order chi connectivity index (χ0) is 14.1. The highest BCUT2D eigenvalue weighted by Crippen LogP contribution is 2.18. The van der Waals surface area contributed by atoms with E-state index in [1.807, 2.05) is 0 Å². The smallest absolute Gasteiger partial charge is 0.182 e. The molecule has 5 heteroatoms. The summed E-state index contributed by atoms with van der Waals surface area (Å²) >= 11 is 0. The van der Waals surface area contributed by atoms with Crippen LogP contribution < -0.4 is 0 Å². The number of nitrogens with zero attached hydrogens (tertiary/aromatic N) is 2. The Morgan fingerprint density at radius 3 is 1.56 bits per heavy atom. The van der Waals surface area contributed by atoms with Gasteiger partial charge >= 0.3 is 0 Å². The maximum Gasteiger partial charge on any atom is 0.182 e. The highest BCUT2D eigenvalue weighted by molar-refractivity contribution is 5.91. The fourth-order valence-electron chi connectivity index (χ4n) is 1.15. The van der Waals surface area contributed by atoms with E-state index in [-0.39, 0.29) is 0 Å². The molecule has 2 atom stereocenters. The van der Waals surface area contributed by atoms with Crippen molar-refractivity contribution in [3.63, 3.8) is 0 Å². The van der Waals surface area contributed by atoms with Crippen LogP contribution >= 0.6 is 0 Å². The Morgan fingerprint density at radius 1 is 1.00 bits per heavy atom. The summed E-state index contributed by atoms with van der Waals surface area (Å²) in [5, 5.41) is 36.5. The average molecular weight is 244 g/mol. The molecule has 0 radical (unpaired) electrons. The number of aliphatic hydroxyl groups excluding tert-OH is 2. The van der Waals surface area contributed by atoms with Gasteiger partial charge in [-0.25, -0.2) is 0 Å².